The van der Waals surface area contributed by atoms with Gasteiger partial charge in [0.15, 0.2) is 0 Å². The van der Waals surface area contributed by atoms with Crippen LogP contribution in [-0.4, -0.2) is 18.8 Å². The third-order valence-corrected chi connectivity index (χ3v) is 5.25. The lowest BCUT2D eigenvalue weighted by Gasteiger charge is -2.18. The predicted molar refractivity (Wildman–Crippen MR) is 94.4 cm³/mol. The smallest absolute Gasteiger partial charge is 0.0199 e. The number of benzene rings is 2. The molecule has 0 radical (unpaired) electrons. The van der Waals surface area contributed by atoms with Crippen molar-refractivity contribution in [2.75, 3.05) is 12.8 Å². The molecular weight excluding hydrogens is 274 g/mol. The van der Waals surface area contributed by atoms with Crippen LogP contribution < -0.4 is 5.32 Å². The lowest BCUT2D eigenvalue weighted by Crippen LogP contribution is -2.30. The standard InChI is InChI=1S/C19H25NS/c1-14-9-10-15(2)17(11-14)12-18(20-4)13-21-19-8-6-5-7-16(19)3/h5-11,18,20H,12-13H2,1-4H3. The van der Waals surface area contributed by atoms with Gasteiger partial charge in [-0.3, -0.25) is 0 Å². The molecule has 2 aromatic rings. The molecule has 21 heavy (non-hydrogen) atoms. The molecule has 2 rings (SSSR count). The molecule has 2 heteroatoms. The zero-order chi connectivity index (χ0) is 15.2. The SMILES string of the molecule is CNC(CSc1ccccc1C)Cc1cc(C)ccc1C. The topological polar surface area (TPSA) is 12.0 Å². The summed E-state index contributed by atoms with van der Waals surface area (Å²) in [5.74, 6) is 1.09. The van der Waals surface area contributed by atoms with Gasteiger partial charge in [0.1, 0.15) is 0 Å². The molecule has 0 aliphatic carbocycles. The molecule has 1 N–H and O–H groups in total. The van der Waals surface area contributed by atoms with Gasteiger partial charge in [-0.05, 0) is 57.0 Å². The Bertz CT molecular complexity index is 592. The summed E-state index contributed by atoms with van der Waals surface area (Å²) >= 11 is 1.95. The van der Waals surface area contributed by atoms with Gasteiger partial charge in [-0.1, -0.05) is 42.0 Å². The fourth-order valence-electron chi connectivity index (χ4n) is 2.44. The van der Waals surface area contributed by atoms with Crippen molar-refractivity contribution in [3.63, 3.8) is 0 Å². The first-order valence-corrected chi connectivity index (χ1v) is 8.50. The van der Waals surface area contributed by atoms with Crippen LogP contribution in [-0.2, 0) is 6.42 Å². The fourth-order valence-corrected chi connectivity index (χ4v) is 3.57. The lowest BCUT2D eigenvalue weighted by molar-refractivity contribution is 0.615. The van der Waals surface area contributed by atoms with E-state index in [1.165, 1.54) is 27.1 Å². The van der Waals surface area contributed by atoms with Crippen molar-refractivity contribution >= 4 is 11.8 Å². The molecule has 0 aliphatic rings. The molecule has 1 unspecified atom stereocenters. The van der Waals surface area contributed by atoms with Crippen molar-refractivity contribution in [1.82, 2.24) is 5.32 Å². The van der Waals surface area contributed by atoms with E-state index in [4.69, 9.17) is 0 Å². The van der Waals surface area contributed by atoms with E-state index >= 15 is 0 Å². The molecule has 0 fully saturated rings. The second-order valence-corrected chi connectivity index (χ2v) is 6.76. The number of aryl methyl sites for hydroxylation is 3. The highest BCUT2D eigenvalue weighted by Crippen LogP contribution is 2.23. The number of likely N-dealkylation sites (N-methyl/N-ethyl adjacent to an activating group) is 1. The molecule has 112 valence electrons. The van der Waals surface area contributed by atoms with E-state index < -0.39 is 0 Å². The van der Waals surface area contributed by atoms with Crippen LogP contribution in [0.1, 0.15) is 22.3 Å². The Morgan fingerprint density at radius 1 is 1.00 bits per heavy atom. The Labute approximate surface area is 133 Å². The van der Waals surface area contributed by atoms with Gasteiger partial charge >= 0.3 is 0 Å². The van der Waals surface area contributed by atoms with E-state index in [2.05, 4.69) is 75.6 Å². The average molecular weight is 299 g/mol. The van der Waals surface area contributed by atoms with E-state index in [9.17, 15) is 0 Å². The Kier molecular flexibility index (Phi) is 5.89. The molecule has 0 heterocycles. The molecule has 0 aliphatic heterocycles. The monoisotopic (exact) mass is 299 g/mol. The first-order valence-electron chi connectivity index (χ1n) is 7.52. The normalized spacial score (nSPS) is 12.4. The average Bonchev–Trinajstić information content (AvgIpc) is 2.48. The van der Waals surface area contributed by atoms with Gasteiger partial charge in [0, 0.05) is 16.7 Å². The molecule has 1 nitrogen and oxygen atoms in total. The zero-order valence-corrected chi connectivity index (χ0v) is 14.3. The Morgan fingerprint density at radius 3 is 2.48 bits per heavy atom. The molecule has 0 bridgehead atoms. The maximum Gasteiger partial charge on any atom is 0.0199 e. The zero-order valence-electron chi connectivity index (χ0n) is 13.4. The molecule has 0 spiro atoms. The van der Waals surface area contributed by atoms with Crippen molar-refractivity contribution in [2.24, 2.45) is 0 Å². The maximum atomic E-state index is 3.47. The third kappa shape index (κ3) is 4.62. The summed E-state index contributed by atoms with van der Waals surface area (Å²) in [6.07, 6.45) is 1.09. The van der Waals surface area contributed by atoms with Crippen LogP contribution in [0.5, 0.6) is 0 Å². The van der Waals surface area contributed by atoms with Crippen LogP contribution in [0.4, 0.5) is 0 Å². The minimum atomic E-state index is 0.495. The Balaban J connectivity index is 2.00. The number of nitrogens with one attached hydrogen (secondary N) is 1. The van der Waals surface area contributed by atoms with E-state index in [-0.39, 0.29) is 0 Å². The van der Waals surface area contributed by atoms with Crippen LogP contribution in [0.25, 0.3) is 0 Å². The fraction of sp³-hybridized carbons (Fsp3) is 0.368. The second-order valence-electron chi connectivity index (χ2n) is 5.70. The van der Waals surface area contributed by atoms with Crippen LogP contribution in [0, 0.1) is 20.8 Å². The molecule has 1 atom stereocenters. The molecule has 2 aromatic carbocycles. The Hall–Kier alpha value is -1.25. The van der Waals surface area contributed by atoms with Gasteiger partial charge in [0.05, 0.1) is 0 Å². The summed E-state index contributed by atoms with van der Waals surface area (Å²) in [6.45, 7) is 6.55. The summed E-state index contributed by atoms with van der Waals surface area (Å²) in [7, 11) is 2.06. The number of hydrogen-bond acceptors (Lipinski definition) is 2. The third-order valence-electron chi connectivity index (χ3n) is 3.91. The van der Waals surface area contributed by atoms with Gasteiger partial charge in [0.2, 0.25) is 0 Å². The van der Waals surface area contributed by atoms with Crippen molar-refractivity contribution in [3.8, 4) is 0 Å². The summed E-state index contributed by atoms with van der Waals surface area (Å²) in [6, 6.07) is 15.8. The van der Waals surface area contributed by atoms with Gasteiger partial charge < -0.3 is 5.32 Å². The first kappa shape index (κ1) is 16.1. The predicted octanol–water partition coefficient (Wildman–Crippen LogP) is 4.53. The van der Waals surface area contributed by atoms with E-state index in [0.717, 1.165) is 12.2 Å². The number of rotatable bonds is 6. The number of hydrogen-bond donors (Lipinski definition) is 1. The second kappa shape index (κ2) is 7.67. The van der Waals surface area contributed by atoms with E-state index in [0.29, 0.717) is 6.04 Å². The molecule has 0 saturated carbocycles. The van der Waals surface area contributed by atoms with Gasteiger partial charge in [-0.25, -0.2) is 0 Å². The van der Waals surface area contributed by atoms with Crippen LogP contribution in [0.2, 0.25) is 0 Å². The number of thioether (sulfide) groups is 1. The largest absolute Gasteiger partial charge is 0.316 e. The molecule has 0 amide bonds. The van der Waals surface area contributed by atoms with Crippen molar-refractivity contribution in [2.45, 2.75) is 38.1 Å². The highest BCUT2D eigenvalue weighted by Gasteiger charge is 2.10. The van der Waals surface area contributed by atoms with Crippen LogP contribution in [0.15, 0.2) is 47.4 Å². The summed E-state index contributed by atoms with van der Waals surface area (Å²) in [5.41, 5.74) is 5.56. The van der Waals surface area contributed by atoms with Crippen molar-refractivity contribution in [1.29, 1.82) is 0 Å². The highest BCUT2D eigenvalue weighted by molar-refractivity contribution is 7.99. The van der Waals surface area contributed by atoms with Crippen LogP contribution >= 0.6 is 11.8 Å². The first-order chi connectivity index (χ1) is 10.1. The van der Waals surface area contributed by atoms with Gasteiger partial charge in [-0.2, -0.15) is 0 Å². The van der Waals surface area contributed by atoms with Gasteiger partial charge in [-0.15, -0.1) is 11.8 Å². The molecular formula is C19H25NS. The van der Waals surface area contributed by atoms with E-state index in [1.807, 2.05) is 11.8 Å². The lowest BCUT2D eigenvalue weighted by atomic mass is 10.00. The summed E-state index contributed by atoms with van der Waals surface area (Å²) in [4.78, 5) is 1.39. The van der Waals surface area contributed by atoms with Crippen molar-refractivity contribution in [3.05, 3.63) is 64.7 Å². The van der Waals surface area contributed by atoms with Crippen LogP contribution in [0.3, 0.4) is 0 Å². The van der Waals surface area contributed by atoms with Gasteiger partial charge in [0.25, 0.3) is 0 Å². The quantitative estimate of drug-likeness (QED) is 0.786. The molecule has 0 aromatic heterocycles. The van der Waals surface area contributed by atoms with Crippen molar-refractivity contribution < 1.29 is 0 Å². The van der Waals surface area contributed by atoms with E-state index in [1.54, 1.807) is 0 Å². The Morgan fingerprint density at radius 2 is 1.76 bits per heavy atom. The highest BCUT2D eigenvalue weighted by atomic mass is 32.2. The maximum absolute atomic E-state index is 3.47. The minimum absolute atomic E-state index is 0.495. The summed E-state index contributed by atoms with van der Waals surface area (Å²) < 4.78 is 0. The molecule has 0 saturated heterocycles. The summed E-state index contributed by atoms with van der Waals surface area (Å²) in [5, 5.41) is 3.47. The minimum Gasteiger partial charge on any atom is -0.316 e.